The lowest BCUT2D eigenvalue weighted by Gasteiger charge is -2.20. The van der Waals surface area contributed by atoms with Crippen molar-refractivity contribution in [1.29, 1.82) is 0 Å². The summed E-state index contributed by atoms with van der Waals surface area (Å²) in [7, 11) is -3.49. The quantitative estimate of drug-likeness (QED) is 0.685. The molecule has 0 fully saturated rings. The second-order valence-electron chi connectivity index (χ2n) is 5.22. The van der Waals surface area contributed by atoms with Gasteiger partial charge in [-0.3, -0.25) is 4.79 Å². The molecule has 6 nitrogen and oxygen atoms in total. The first-order valence-electron chi connectivity index (χ1n) is 6.31. The molecule has 19 heavy (non-hydrogen) atoms. The Morgan fingerprint density at radius 2 is 1.74 bits per heavy atom. The van der Waals surface area contributed by atoms with Crippen LogP contribution < -0.4 is 5.32 Å². The zero-order valence-corrected chi connectivity index (χ0v) is 12.7. The highest BCUT2D eigenvalue weighted by Gasteiger charge is 2.27. The van der Waals surface area contributed by atoms with Crippen molar-refractivity contribution in [3.05, 3.63) is 0 Å². The summed E-state index contributed by atoms with van der Waals surface area (Å²) in [5.41, 5.74) is 0. The maximum absolute atomic E-state index is 11.6. The maximum Gasteiger partial charge on any atom is 0.326 e. The van der Waals surface area contributed by atoms with Gasteiger partial charge in [0.05, 0.1) is 5.75 Å². The van der Waals surface area contributed by atoms with E-state index in [1.807, 2.05) is 6.92 Å². The zero-order chi connectivity index (χ0) is 15.2. The standard InChI is InChI=1S/C12H23NO5S/c1-5-9(4)11(12(15)16)13-10(14)7-19(17,18)6-8(2)3/h8-9,11H,5-7H2,1-4H3,(H,13,14)(H,15,16)/t9-,11-/m0/s1. The molecule has 2 atom stereocenters. The molecule has 0 aromatic rings. The predicted octanol–water partition coefficient (Wildman–Crippen LogP) is 0.673. The van der Waals surface area contributed by atoms with Crippen LogP contribution in [0.1, 0.15) is 34.1 Å². The van der Waals surface area contributed by atoms with Crippen molar-refractivity contribution in [2.75, 3.05) is 11.5 Å². The van der Waals surface area contributed by atoms with E-state index in [0.29, 0.717) is 6.42 Å². The molecule has 0 saturated heterocycles. The zero-order valence-electron chi connectivity index (χ0n) is 11.8. The molecule has 0 aliphatic rings. The highest BCUT2D eigenvalue weighted by molar-refractivity contribution is 7.92. The SMILES string of the molecule is CC[C@H](C)[C@H](NC(=O)CS(=O)(=O)CC(C)C)C(=O)O. The lowest BCUT2D eigenvalue weighted by Crippen LogP contribution is -2.47. The van der Waals surface area contributed by atoms with Crippen LogP contribution in [0, 0.1) is 11.8 Å². The molecule has 0 aromatic carbocycles. The summed E-state index contributed by atoms with van der Waals surface area (Å²) < 4.78 is 23.3. The molecular weight excluding hydrogens is 270 g/mol. The van der Waals surface area contributed by atoms with Gasteiger partial charge in [-0.25, -0.2) is 13.2 Å². The molecule has 0 bridgehead atoms. The van der Waals surface area contributed by atoms with Gasteiger partial charge >= 0.3 is 5.97 Å². The summed E-state index contributed by atoms with van der Waals surface area (Å²) in [5, 5.41) is 11.3. The van der Waals surface area contributed by atoms with E-state index >= 15 is 0 Å². The number of hydrogen-bond acceptors (Lipinski definition) is 4. The number of rotatable bonds is 8. The number of amides is 1. The molecule has 0 saturated carbocycles. The molecule has 112 valence electrons. The Labute approximate surface area is 114 Å². The van der Waals surface area contributed by atoms with Gasteiger partial charge in [0, 0.05) is 0 Å². The van der Waals surface area contributed by atoms with Gasteiger partial charge in [-0.1, -0.05) is 34.1 Å². The van der Waals surface area contributed by atoms with Crippen LogP contribution in [-0.4, -0.2) is 42.9 Å². The Kier molecular flexibility index (Phi) is 7.04. The van der Waals surface area contributed by atoms with Gasteiger partial charge in [0.25, 0.3) is 0 Å². The van der Waals surface area contributed by atoms with Crippen LogP contribution in [-0.2, 0) is 19.4 Å². The highest BCUT2D eigenvalue weighted by atomic mass is 32.2. The number of nitrogens with one attached hydrogen (secondary N) is 1. The molecule has 0 radical (unpaired) electrons. The smallest absolute Gasteiger partial charge is 0.326 e. The minimum absolute atomic E-state index is 0.0670. The van der Waals surface area contributed by atoms with Crippen molar-refractivity contribution in [3.63, 3.8) is 0 Å². The van der Waals surface area contributed by atoms with Crippen LogP contribution in [0.15, 0.2) is 0 Å². The molecule has 0 aromatic heterocycles. The summed E-state index contributed by atoms with van der Waals surface area (Å²) in [6.07, 6.45) is 0.579. The van der Waals surface area contributed by atoms with E-state index in [0.717, 1.165) is 0 Å². The maximum atomic E-state index is 11.6. The summed E-state index contributed by atoms with van der Waals surface area (Å²) in [6, 6.07) is -1.05. The third-order valence-corrected chi connectivity index (χ3v) is 4.61. The topological polar surface area (TPSA) is 101 Å². The molecule has 0 rings (SSSR count). The van der Waals surface area contributed by atoms with E-state index in [4.69, 9.17) is 5.11 Å². The van der Waals surface area contributed by atoms with Crippen molar-refractivity contribution in [2.45, 2.75) is 40.2 Å². The highest BCUT2D eigenvalue weighted by Crippen LogP contribution is 2.08. The number of hydrogen-bond donors (Lipinski definition) is 2. The van der Waals surface area contributed by atoms with Gasteiger partial charge in [0.1, 0.15) is 11.8 Å². The van der Waals surface area contributed by atoms with E-state index in [9.17, 15) is 18.0 Å². The van der Waals surface area contributed by atoms with Crippen LogP contribution in [0.2, 0.25) is 0 Å². The molecule has 0 unspecified atom stereocenters. The van der Waals surface area contributed by atoms with Crippen molar-refractivity contribution < 1.29 is 23.1 Å². The Bertz CT molecular complexity index is 416. The molecule has 0 spiro atoms. The van der Waals surface area contributed by atoms with E-state index in [1.54, 1.807) is 20.8 Å². The van der Waals surface area contributed by atoms with Gasteiger partial charge in [0.2, 0.25) is 5.91 Å². The fraction of sp³-hybridized carbons (Fsp3) is 0.833. The first kappa shape index (κ1) is 17.9. The van der Waals surface area contributed by atoms with Gasteiger partial charge in [-0.05, 0) is 11.8 Å². The average molecular weight is 293 g/mol. The Hall–Kier alpha value is -1.11. The molecule has 0 aliphatic carbocycles. The first-order chi connectivity index (χ1) is 8.59. The van der Waals surface area contributed by atoms with Crippen LogP contribution >= 0.6 is 0 Å². The number of sulfone groups is 1. The largest absolute Gasteiger partial charge is 0.480 e. The Morgan fingerprint density at radius 1 is 1.21 bits per heavy atom. The fourth-order valence-corrected chi connectivity index (χ4v) is 3.28. The van der Waals surface area contributed by atoms with Gasteiger partial charge in [-0.2, -0.15) is 0 Å². The summed E-state index contributed by atoms with van der Waals surface area (Å²) >= 11 is 0. The molecule has 0 aliphatic heterocycles. The first-order valence-corrected chi connectivity index (χ1v) is 8.13. The van der Waals surface area contributed by atoms with E-state index in [-0.39, 0.29) is 17.6 Å². The molecule has 1 amide bonds. The number of carbonyl (C=O) groups excluding carboxylic acids is 1. The summed E-state index contributed by atoms with van der Waals surface area (Å²) in [5.74, 6) is -2.97. The Morgan fingerprint density at radius 3 is 2.11 bits per heavy atom. The van der Waals surface area contributed by atoms with Crippen molar-refractivity contribution in [1.82, 2.24) is 5.32 Å². The van der Waals surface area contributed by atoms with Gasteiger partial charge < -0.3 is 10.4 Å². The molecule has 2 N–H and O–H groups in total. The Balaban J connectivity index is 4.64. The van der Waals surface area contributed by atoms with Crippen molar-refractivity contribution in [3.8, 4) is 0 Å². The lowest BCUT2D eigenvalue weighted by atomic mass is 9.99. The van der Waals surface area contributed by atoms with Crippen LogP contribution in [0.4, 0.5) is 0 Å². The number of carboxylic acids is 1. The van der Waals surface area contributed by atoms with Crippen LogP contribution in [0.25, 0.3) is 0 Å². The molecule has 0 heterocycles. The van der Waals surface area contributed by atoms with E-state index < -0.39 is 33.5 Å². The van der Waals surface area contributed by atoms with Crippen molar-refractivity contribution >= 4 is 21.7 Å². The second kappa shape index (κ2) is 7.47. The lowest BCUT2D eigenvalue weighted by molar-refractivity contribution is -0.143. The normalized spacial score (nSPS) is 15.0. The minimum atomic E-state index is -3.49. The van der Waals surface area contributed by atoms with Crippen molar-refractivity contribution in [2.24, 2.45) is 11.8 Å². The number of aliphatic carboxylic acids is 1. The molecule has 7 heteroatoms. The monoisotopic (exact) mass is 293 g/mol. The minimum Gasteiger partial charge on any atom is -0.480 e. The number of carbonyl (C=O) groups is 2. The fourth-order valence-electron chi connectivity index (χ4n) is 1.66. The van der Waals surface area contributed by atoms with E-state index in [2.05, 4.69) is 5.32 Å². The summed E-state index contributed by atoms with van der Waals surface area (Å²) in [4.78, 5) is 22.6. The molecular formula is C12H23NO5S. The summed E-state index contributed by atoms with van der Waals surface area (Å²) in [6.45, 7) is 6.99. The predicted molar refractivity (Wildman–Crippen MR) is 72.5 cm³/mol. The van der Waals surface area contributed by atoms with Crippen LogP contribution in [0.3, 0.4) is 0 Å². The number of carboxylic acid groups (broad SMARTS) is 1. The second-order valence-corrected chi connectivity index (χ2v) is 7.33. The van der Waals surface area contributed by atoms with Crippen LogP contribution in [0.5, 0.6) is 0 Å². The van der Waals surface area contributed by atoms with E-state index in [1.165, 1.54) is 0 Å². The third-order valence-electron chi connectivity index (χ3n) is 2.73. The van der Waals surface area contributed by atoms with Gasteiger partial charge in [-0.15, -0.1) is 0 Å². The average Bonchev–Trinajstić information content (AvgIpc) is 2.21. The van der Waals surface area contributed by atoms with Gasteiger partial charge in [0.15, 0.2) is 9.84 Å². The third kappa shape index (κ3) is 7.15.